The van der Waals surface area contributed by atoms with Gasteiger partial charge in [-0.05, 0) is 55.8 Å². The lowest BCUT2D eigenvalue weighted by atomic mass is 10.1. The predicted octanol–water partition coefficient (Wildman–Crippen LogP) is 2.81. The van der Waals surface area contributed by atoms with Crippen LogP contribution in [0, 0.1) is 11.6 Å². The molecule has 1 N–H and O–H groups in total. The first-order chi connectivity index (χ1) is 11.6. The Bertz CT molecular complexity index is 703. The first kappa shape index (κ1) is 16.5. The zero-order chi connectivity index (χ0) is 16.9. The van der Waals surface area contributed by atoms with Crippen LogP contribution >= 0.6 is 0 Å². The molecule has 0 aliphatic carbocycles. The van der Waals surface area contributed by atoms with Gasteiger partial charge in [-0.25, -0.2) is 8.78 Å². The van der Waals surface area contributed by atoms with Crippen molar-refractivity contribution in [2.24, 2.45) is 0 Å². The van der Waals surface area contributed by atoms with Crippen molar-refractivity contribution in [1.29, 1.82) is 0 Å². The van der Waals surface area contributed by atoms with Crippen LogP contribution in [-0.4, -0.2) is 28.9 Å². The van der Waals surface area contributed by atoms with E-state index in [-0.39, 0.29) is 18.0 Å². The molecule has 1 aromatic carbocycles. The summed E-state index contributed by atoms with van der Waals surface area (Å²) >= 11 is 0. The summed E-state index contributed by atoms with van der Waals surface area (Å²) in [4.78, 5) is 18.9. The van der Waals surface area contributed by atoms with E-state index in [2.05, 4.69) is 15.2 Å². The van der Waals surface area contributed by atoms with E-state index in [1.54, 1.807) is 18.5 Å². The summed E-state index contributed by atoms with van der Waals surface area (Å²) in [6.45, 7) is 1.62. The number of amides is 1. The standard InChI is InChI=1S/C18H19F2N3O/c19-15-5-6-16(20)14(10-15)12-22-18(24)17(23-8-1-2-9-23)13-4-3-7-21-11-13/h3-7,10-11,17H,1-2,8-9,12H2,(H,22,24). The number of nitrogens with one attached hydrogen (secondary N) is 1. The Morgan fingerprint density at radius 3 is 2.75 bits per heavy atom. The van der Waals surface area contributed by atoms with Crippen LogP contribution in [0.15, 0.2) is 42.7 Å². The third kappa shape index (κ3) is 3.76. The molecule has 24 heavy (non-hydrogen) atoms. The maximum Gasteiger partial charge on any atom is 0.242 e. The molecular formula is C18H19F2N3O. The van der Waals surface area contributed by atoms with Crippen molar-refractivity contribution in [1.82, 2.24) is 15.2 Å². The minimum atomic E-state index is -0.532. The van der Waals surface area contributed by atoms with E-state index in [4.69, 9.17) is 0 Å². The number of benzene rings is 1. The molecule has 2 heterocycles. The second-order valence-corrected chi connectivity index (χ2v) is 5.89. The molecular weight excluding hydrogens is 312 g/mol. The van der Waals surface area contributed by atoms with Gasteiger partial charge >= 0.3 is 0 Å². The number of halogens is 2. The van der Waals surface area contributed by atoms with E-state index in [1.807, 2.05) is 6.07 Å². The molecule has 1 fully saturated rings. The lowest BCUT2D eigenvalue weighted by Gasteiger charge is -2.26. The Morgan fingerprint density at radius 1 is 1.25 bits per heavy atom. The first-order valence-electron chi connectivity index (χ1n) is 8.01. The van der Waals surface area contributed by atoms with E-state index >= 15 is 0 Å². The minimum absolute atomic E-state index is 0.0486. The number of carbonyl (C=O) groups is 1. The molecule has 1 unspecified atom stereocenters. The van der Waals surface area contributed by atoms with Gasteiger partial charge in [0.05, 0.1) is 0 Å². The second kappa shape index (κ2) is 7.49. The van der Waals surface area contributed by atoms with Crippen LogP contribution < -0.4 is 5.32 Å². The topological polar surface area (TPSA) is 45.2 Å². The molecule has 0 bridgehead atoms. The van der Waals surface area contributed by atoms with Gasteiger partial charge in [-0.2, -0.15) is 0 Å². The van der Waals surface area contributed by atoms with Crippen LogP contribution in [-0.2, 0) is 11.3 Å². The Labute approximate surface area is 139 Å². The van der Waals surface area contributed by atoms with Gasteiger partial charge in [-0.3, -0.25) is 14.7 Å². The maximum atomic E-state index is 13.7. The quantitative estimate of drug-likeness (QED) is 0.916. The molecule has 1 atom stereocenters. The van der Waals surface area contributed by atoms with E-state index in [1.165, 1.54) is 0 Å². The normalized spacial score (nSPS) is 16.1. The SMILES string of the molecule is O=C(NCc1cc(F)ccc1F)C(c1cccnc1)N1CCCC1. The van der Waals surface area contributed by atoms with Crippen LogP contribution in [0.3, 0.4) is 0 Å². The minimum Gasteiger partial charge on any atom is -0.350 e. The highest BCUT2D eigenvalue weighted by molar-refractivity contribution is 5.83. The molecule has 3 rings (SSSR count). The van der Waals surface area contributed by atoms with E-state index in [0.29, 0.717) is 0 Å². The summed E-state index contributed by atoms with van der Waals surface area (Å²) in [5, 5.41) is 2.73. The van der Waals surface area contributed by atoms with Gasteiger partial charge in [0.1, 0.15) is 17.7 Å². The fourth-order valence-corrected chi connectivity index (χ4v) is 3.02. The van der Waals surface area contributed by atoms with Crippen molar-refractivity contribution in [3.05, 3.63) is 65.5 Å². The number of carbonyl (C=O) groups excluding carboxylic acids is 1. The first-order valence-corrected chi connectivity index (χ1v) is 8.01. The Balaban J connectivity index is 1.75. The maximum absolute atomic E-state index is 13.7. The van der Waals surface area contributed by atoms with Crippen molar-refractivity contribution in [3.63, 3.8) is 0 Å². The molecule has 126 valence electrons. The van der Waals surface area contributed by atoms with E-state index < -0.39 is 17.7 Å². The van der Waals surface area contributed by atoms with Gasteiger partial charge in [0, 0.05) is 24.5 Å². The number of hydrogen-bond acceptors (Lipinski definition) is 3. The number of pyridine rings is 1. The molecule has 4 nitrogen and oxygen atoms in total. The highest BCUT2D eigenvalue weighted by atomic mass is 19.1. The van der Waals surface area contributed by atoms with Crippen molar-refractivity contribution < 1.29 is 13.6 Å². The fraction of sp³-hybridized carbons (Fsp3) is 0.333. The van der Waals surface area contributed by atoms with Gasteiger partial charge in [0.2, 0.25) is 5.91 Å². The zero-order valence-electron chi connectivity index (χ0n) is 13.2. The molecule has 1 aromatic heterocycles. The summed E-state index contributed by atoms with van der Waals surface area (Å²) in [5.41, 5.74) is 0.936. The highest BCUT2D eigenvalue weighted by Gasteiger charge is 2.29. The molecule has 1 aliphatic heterocycles. The third-order valence-electron chi connectivity index (χ3n) is 4.22. The van der Waals surface area contributed by atoms with Crippen LogP contribution in [0.5, 0.6) is 0 Å². The average Bonchev–Trinajstić information content (AvgIpc) is 3.11. The Kier molecular flexibility index (Phi) is 5.15. The molecule has 0 spiro atoms. The Hall–Kier alpha value is -2.34. The molecule has 1 aliphatic rings. The fourth-order valence-electron chi connectivity index (χ4n) is 3.02. The largest absolute Gasteiger partial charge is 0.350 e. The van der Waals surface area contributed by atoms with Crippen molar-refractivity contribution in [2.45, 2.75) is 25.4 Å². The summed E-state index contributed by atoms with van der Waals surface area (Å²) in [5.74, 6) is -1.28. The van der Waals surface area contributed by atoms with Gasteiger partial charge in [-0.15, -0.1) is 0 Å². The summed E-state index contributed by atoms with van der Waals surface area (Å²) < 4.78 is 27.0. The van der Waals surface area contributed by atoms with Crippen molar-refractivity contribution in [2.75, 3.05) is 13.1 Å². The summed E-state index contributed by atoms with van der Waals surface area (Å²) in [6, 6.07) is 6.41. The molecule has 0 radical (unpaired) electrons. The van der Waals surface area contributed by atoms with Gasteiger partial charge in [0.25, 0.3) is 0 Å². The number of likely N-dealkylation sites (tertiary alicyclic amines) is 1. The smallest absolute Gasteiger partial charge is 0.242 e. The van der Waals surface area contributed by atoms with Gasteiger partial charge in [-0.1, -0.05) is 6.07 Å². The van der Waals surface area contributed by atoms with Crippen LogP contribution in [0.25, 0.3) is 0 Å². The van der Waals surface area contributed by atoms with E-state index in [0.717, 1.165) is 49.7 Å². The summed E-state index contributed by atoms with van der Waals surface area (Å²) in [7, 11) is 0. The predicted molar refractivity (Wildman–Crippen MR) is 86.0 cm³/mol. The van der Waals surface area contributed by atoms with Crippen molar-refractivity contribution >= 4 is 5.91 Å². The lowest BCUT2D eigenvalue weighted by molar-refractivity contribution is -0.126. The molecule has 2 aromatic rings. The third-order valence-corrected chi connectivity index (χ3v) is 4.22. The highest BCUT2D eigenvalue weighted by Crippen LogP contribution is 2.25. The van der Waals surface area contributed by atoms with Crippen molar-refractivity contribution in [3.8, 4) is 0 Å². The van der Waals surface area contributed by atoms with Crippen LogP contribution in [0.4, 0.5) is 8.78 Å². The number of nitrogens with zero attached hydrogens (tertiary/aromatic N) is 2. The molecule has 1 saturated heterocycles. The second-order valence-electron chi connectivity index (χ2n) is 5.89. The molecule has 1 amide bonds. The number of aromatic nitrogens is 1. The van der Waals surface area contributed by atoms with Crippen LogP contribution in [0.1, 0.15) is 30.0 Å². The molecule has 0 saturated carbocycles. The average molecular weight is 331 g/mol. The zero-order valence-corrected chi connectivity index (χ0v) is 13.2. The lowest BCUT2D eigenvalue weighted by Crippen LogP contribution is -2.39. The van der Waals surface area contributed by atoms with Gasteiger partial charge < -0.3 is 5.32 Å². The Morgan fingerprint density at radius 2 is 2.04 bits per heavy atom. The number of rotatable bonds is 5. The van der Waals surface area contributed by atoms with Gasteiger partial charge in [0.15, 0.2) is 0 Å². The molecule has 6 heteroatoms. The number of hydrogen-bond donors (Lipinski definition) is 1. The monoisotopic (exact) mass is 331 g/mol. The van der Waals surface area contributed by atoms with Crippen LogP contribution in [0.2, 0.25) is 0 Å². The summed E-state index contributed by atoms with van der Waals surface area (Å²) in [6.07, 6.45) is 5.42. The van der Waals surface area contributed by atoms with E-state index in [9.17, 15) is 13.6 Å².